The quantitative estimate of drug-likeness (QED) is 0.698. The molecule has 0 heterocycles. The van der Waals surface area contributed by atoms with E-state index in [0.717, 1.165) is 0 Å². The molecule has 0 saturated heterocycles. The van der Waals surface area contributed by atoms with Gasteiger partial charge in [-0.25, -0.2) is 0 Å². The van der Waals surface area contributed by atoms with Gasteiger partial charge in [0.25, 0.3) is 0 Å². The molecule has 2 heteroatoms. The van der Waals surface area contributed by atoms with Crippen molar-refractivity contribution in [3.8, 4) is 0 Å². The zero-order valence-electron chi connectivity index (χ0n) is 6.12. The molecule has 0 bridgehead atoms. The maximum atomic E-state index is 2.35. The van der Waals surface area contributed by atoms with Crippen molar-refractivity contribution < 1.29 is 0 Å². The van der Waals surface area contributed by atoms with Crippen LogP contribution in [-0.2, 0) is 0 Å². The molecular weight excluding hydrogens is 309 g/mol. The smallest absolute Gasteiger partial charge is 0 e. The van der Waals surface area contributed by atoms with Crippen LogP contribution in [0.4, 0.5) is 0 Å². The zero-order valence-corrected chi connectivity index (χ0v) is 11.8. The van der Waals surface area contributed by atoms with Gasteiger partial charge in [-0.2, -0.15) is 0 Å². The van der Waals surface area contributed by atoms with Gasteiger partial charge in [0.1, 0.15) is 0 Å². The normalized spacial score (nSPS) is 9.00. The molecule has 0 rings (SSSR count). The van der Waals surface area contributed by atoms with Crippen molar-refractivity contribution in [1.82, 2.24) is 0 Å². The molecule has 0 atom stereocenters. The Morgan fingerprint density at radius 3 is 1.12 bits per heavy atom. The van der Waals surface area contributed by atoms with Gasteiger partial charge >= 0.3 is 53.8 Å². The van der Waals surface area contributed by atoms with Crippen LogP contribution in [0.15, 0.2) is 0 Å². The summed E-state index contributed by atoms with van der Waals surface area (Å²) < 4.78 is 4.65. The summed E-state index contributed by atoms with van der Waals surface area (Å²) in [4.78, 5) is 0. The number of hydrogen-bond acceptors (Lipinski definition) is 0. The molecule has 0 aliphatic rings. The number of rotatable bonds is 3. The van der Waals surface area contributed by atoms with Gasteiger partial charge < -0.3 is 0 Å². The Hall–Kier alpha value is 1.60. The molecule has 0 saturated carbocycles. The summed E-state index contributed by atoms with van der Waals surface area (Å²) >= 11 is -0.653. The van der Waals surface area contributed by atoms with Crippen molar-refractivity contribution in [3.63, 3.8) is 0 Å². The maximum absolute atomic E-state index is 2.35. The topological polar surface area (TPSA) is 0 Å². The molecule has 0 aromatic rings. The molecule has 0 amide bonds. The molecule has 0 unspecified atom stereocenters. The molecule has 0 spiro atoms. The Kier molecular flexibility index (Phi) is 13.2. The van der Waals surface area contributed by atoms with Gasteiger partial charge in [0, 0.05) is 23.9 Å². The molecule has 0 nitrogen and oxygen atoms in total. The first-order chi connectivity index (χ1) is 3.35. The average Bonchev–Trinajstić information content (AvgIpc) is 1.72. The van der Waals surface area contributed by atoms with E-state index in [0.29, 0.717) is 0 Å². The second-order valence-corrected chi connectivity index (χ2v) is 12.1. The third-order valence-electron chi connectivity index (χ3n) is 1.50. The van der Waals surface area contributed by atoms with E-state index >= 15 is 0 Å². The van der Waals surface area contributed by atoms with Crippen molar-refractivity contribution in [1.29, 1.82) is 0 Å². The Morgan fingerprint density at radius 1 is 0.875 bits per heavy atom. The number of hydrogen-bond donors (Lipinski definition) is 0. The molecule has 8 heavy (non-hydrogen) atoms. The van der Waals surface area contributed by atoms with Gasteiger partial charge in [0.05, 0.1) is 0 Å². The van der Waals surface area contributed by atoms with Crippen molar-refractivity contribution in [2.24, 2.45) is 0 Å². The van der Waals surface area contributed by atoms with Gasteiger partial charge in [-0.15, -0.1) is 0 Å². The van der Waals surface area contributed by atoms with Crippen LogP contribution >= 0.6 is 0 Å². The van der Waals surface area contributed by atoms with Crippen LogP contribution in [0.1, 0.15) is 20.8 Å². The van der Waals surface area contributed by atoms with Gasteiger partial charge in [-0.3, -0.25) is 0 Å². The fourth-order valence-electron chi connectivity index (χ4n) is 0.750. The summed E-state index contributed by atoms with van der Waals surface area (Å²) in [5.74, 6) is 0. The fraction of sp³-hybridized carbons (Fsp3) is 1.00. The average molecular weight is 325 g/mol. The van der Waals surface area contributed by atoms with Crippen LogP contribution in [-0.4, -0.2) is 43.7 Å². The summed E-state index contributed by atoms with van der Waals surface area (Å²) in [6, 6.07) is 0. The predicted octanol–water partition coefficient (Wildman–Crippen LogP) is 2.16. The van der Waals surface area contributed by atoms with Crippen LogP contribution in [0.5, 0.6) is 0 Å². The predicted molar refractivity (Wildman–Crippen MR) is 43.0 cm³/mol. The molecule has 0 aliphatic carbocycles. The third kappa shape index (κ3) is 5.73. The monoisotopic (exact) mass is 327 g/mol. The second-order valence-electron chi connectivity index (χ2n) is 1.81. The molecule has 47 valence electrons. The summed E-state index contributed by atoms with van der Waals surface area (Å²) in [5.41, 5.74) is 0. The van der Waals surface area contributed by atoms with E-state index in [2.05, 4.69) is 20.8 Å². The van der Waals surface area contributed by atoms with E-state index in [1.54, 1.807) is 13.3 Å². The minimum Gasteiger partial charge on any atom is 0 e. The minimum atomic E-state index is -0.653. The molecule has 0 aliphatic heterocycles. The van der Waals surface area contributed by atoms with E-state index in [-0.39, 0.29) is 23.9 Å². The third-order valence-corrected chi connectivity index (χ3v) is 10.1. The zero-order chi connectivity index (χ0) is 5.70. The van der Waals surface area contributed by atoms with Crippen molar-refractivity contribution >= 4 is 43.7 Å². The van der Waals surface area contributed by atoms with Crippen LogP contribution in [0, 0.1) is 0 Å². The Morgan fingerprint density at radius 2 is 1.12 bits per heavy atom. The molecule has 0 N–H and O–H groups in total. The largest absolute Gasteiger partial charge is 0 e. The maximum Gasteiger partial charge on any atom is 0 e. The van der Waals surface area contributed by atoms with E-state index in [1.807, 2.05) is 0 Å². The van der Waals surface area contributed by atoms with Gasteiger partial charge in [0.2, 0.25) is 0 Å². The van der Waals surface area contributed by atoms with E-state index in [1.165, 1.54) is 0 Å². The Bertz CT molecular complexity index is 28.0. The first-order valence-corrected chi connectivity index (χ1v) is 9.24. The standard InChI is InChI=1S/3C2H5.2Sn/c3*1-2;;/h3*1H2,2H3;;. The molecule has 0 aromatic carbocycles. The van der Waals surface area contributed by atoms with E-state index in [4.69, 9.17) is 0 Å². The van der Waals surface area contributed by atoms with Crippen LogP contribution in [0.3, 0.4) is 0 Å². The van der Waals surface area contributed by atoms with E-state index in [9.17, 15) is 0 Å². The minimum absolute atomic E-state index is 0. The van der Waals surface area contributed by atoms with Gasteiger partial charge in [-0.1, -0.05) is 0 Å². The summed E-state index contributed by atoms with van der Waals surface area (Å²) in [6.07, 6.45) is 0. The van der Waals surface area contributed by atoms with Crippen LogP contribution < -0.4 is 0 Å². The Balaban J connectivity index is 0. The first-order valence-electron chi connectivity index (χ1n) is 3.18. The van der Waals surface area contributed by atoms with Gasteiger partial charge in [-0.05, 0) is 0 Å². The molecule has 0 fully saturated rings. The van der Waals surface area contributed by atoms with Crippen LogP contribution in [0.25, 0.3) is 0 Å². The van der Waals surface area contributed by atoms with E-state index < -0.39 is 19.8 Å². The van der Waals surface area contributed by atoms with Gasteiger partial charge in [0.15, 0.2) is 0 Å². The summed E-state index contributed by atoms with van der Waals surface area (Å²) in [6.45, 7) is 7.05. The molecule has 0 aromatic heterocycles. The Labute approximate surface area is 77.1 Å². The SMILES string of the molecule is C[CH2][Sn]([CH2]C)[CH2]C.[Sn]. The molecule has 5 radical (unpaired) electrons. The van der Waals surface area contributed by atoms with Crippen molar-refractivity contribution in [3.05, 3.63) is 0 Å². The summed E-state index contributed by atoms with van der Waals surface area (Å²) in [5, 5.41) is 0. The molecular formula is C6H15Sn2. The van der Waals surface area contributed by atoms with Crippen LogP contribution in [0.2, 0.25) is 13.3 Å². The summed E-state index contributed by atoms with van der Waals surface area (Å²) in [7, 11) is 0. The van der Waals surface area contributed by atoms with Crippen molar-refractivity contribution in [2.75, 3.05) is 0 Å². The fourth-order valence-corrected chi connectivity index (χ4v) is 5.03. The first kappa shape index (κ1) is 12.3. The second kappa shape index (κ2) is 8.60. The van der Waals surface area contributed by atoms with Crippen molar-refractivity contribution in [2.45, 2.75) is 34.1 Å².